The van der Waals surface area contributed by atoms with Crippen molar-refractivity contribution >= 4 is 34.9 Å². The largest absolute Gasteiger partial charge is 0.457 e. The van der Waals surface area contributed by atoms with Crippen LogP contribution in [-0.4, -0.2) is 128 Å². The smallest absolute Gasteiger partial charge is 0.351 e. The summed E-state index contributed by atoms with van der Waals surface area (Å²) in [6.45, 7) is 12.2. The summed E-state index contributed by atoms with van der Waals surface area (Å²) in [7, 11) is 3.64. The van der Waals surface area contributed by atoms with E-state index in [9.17, 15) is 24.6 Å². The van der Waals surface area contributed by atoms with Gasteiger partial charge in [0, 0.05) is 24.1 Å². The Hall–Kier alpha value is -4.20. The van der Waals surface area contributed by atoms with Gasteiger partial charge in [0.15, 0.2) is 18.7 Å². The van der Waals surface area contributed by atoms with Crippen LogP contribution in [0.5, 0.6) is 0 Å². The van der Waals surface area contributed by atoms with E-state index in [1.54, 1.807) is 39.0 Å². The van der Waals surface area contributed by atoms with Gasteiger partial charge in [-0.3, -0.25) is 9.59 Å². The van der Waals surface area contributed by atoms with Crippen LogP contribution in [-0.2, 0) is 44.8 Å². The lowest BCUT2D eigenvalue weighted by atomic mass is 9.73. The third kappa shape index (κ3) is 11.1. The van der Waals surface area contributed by atoms with Gasteiger partial charge in [0.1, 0.15) is 41.3 Å². The number of fused-ring (bicyclic) bond motifs is 5. The van der Waals surface area contributed by atoms with E-state index in [-0.39, 0.29) is 69.6 Å². The van der Waals surface area contributed by atoms with Gasteiger partial charge in [-0.05, 0) is 104 Å². The molecule has 344 valence electrons. The Kier molecular flexibility index (Phi) is 15.8. The zero-order valence-corrected chi connectivity index (χ0v) is 37.6. The summed E-state index contributed by atoms with van der Waals surface area (Å²) >= 11 is 0. The molecule has 1 amide bonds. The molecule has 2 aromatic heterocycles. The minimum Gasteiger partial charge on any atom is -0.457 e. The average molecular weight is 873 g/mol. The number of hydrogen-bond donors (Lipinski definition) is 3. The molecule has 3 aliphatic heterocycles. The number of nitrogens with two attached hydrogens (primary N) is 1. The first-order chi connectivity index (χ1) is 29.1. The minimum atomic E-state index is -3.19. The Morgan fingerprint density at radius 2 is 1.85 bits per heavy atom. The summed E-state index contributed by atoms with van der Waals surface area (Å²) in [6.07, 6.45) is -2.95. The fourth-order valence-electron chi connectivity index (χ4n) is 8.79. The second kappa shape index (κ2) is 20.1. The normalized spacial score (nSPS) is 36.8. The highest BCUT2D eigenvalue weighted by Crippen LogP contribution is 2.41. The van der Waals surface area contributed by atoms with E-state index in [0.717, 1.165) is 6.92 Å². The number of nitrogen functional groups attached to an aromatic ring is 1. The van der Waals surface area contributed by atoms with Crippen molar-refractivity contribution in [3.8, 4) is 11.6 Å². The van der Waals surface area contributed by atoms with E-state index < -0.39 is 77.0 Å². The number of carbonyl (C=O) groups is 3. The molecule has 3 fully saturated rings. The Morgan fingerprint density at radius 3 is 2.52 bits per heavy atom. The number of ether oxygens (including phenoxy) is 4. The first-order valence-corrected chi connectivity index (χ1v) is 21.5. The number of anilines is 1. The molecule has 0 aliphatic carbocycles. The summed E-state index contributed by atoms with van der Waals surface area (Å²) in [5.41, 5.74) is 0.972. The monoisotopic (exact) mass is 872 g/mol. The number of cyclic esters (lactones) is 1. The highest BCUT2D eigenvalue weighted by Gasteiger charge is 2.55. The van der Waals surface area contributed by atoms with Crippen molar-refractivity contribution in [1.82, 2.24) is 14.9 Å². The molecule has 0 radical (unpaired) electrons. The number of hydrogen-bond acceptors (Lipinski definition) is 16. The molecule has 5 rings (SSSR count). The first kappa shape index (κ1) is 48.8. The fourth-order valence-corrected chi connectivity index (χ4v) is 8.79. The van der Waals surface area contributed by atoms with Crippen LogP contribution in [0.3, 0.4) is 0 Å². The number of likely N-dealkylation sites (N-methyl/N-ethyl adjacent to an activating group) is 1. The van der Waals surface area contributed by atoms with Crippen LogP contribution in [0.25, 0.3) is 11.6 Å². The van der Waals surface area contributed by atoms with Crippen molar-refractivity contribution in [1.29, 1.82) is 0 Å². The fraction of sp³-hybridized carbons (Fsp3) is 0.705. The second-order valence-electron chi connectivity index (χ2n) is 17.8. The van der Waals surface area contributed by atoms with Crippen LogP contribution in [0.2, 0.25) is 0 Å². The summed E-state index contributed by atoms with van der Waals surface area (Å²) in [6, 6.07) is 4.68. The van der Waals surface area contributed by atoms with Crippen LogP contribution < -0.4 is 5.73 Å². The van der Waals surface area contributed by atoms with Gasteiger partial charge < -0.3 is 49.0 Å². The molecule has 62 heavy (non-hydrogen) atoms. The van der Waals surface area contributed by atoms with Crippen molar-refractivity contribution in [3.05, 3.63) is 30.2 Å². The van der Waals surface area contributed by atoms with E-state index in [0.29, 0.717) is 35.0 Å². The van der Waals surface area contributed by atoms with Crippen molar-refractivity contribution in [2.45, 2.75) is 161 Å². The Balaban J connectivity index is 1.64. The quantitative estimate of drug-likeness (QED) is 0.171. The number of oxazole rings is 1. The van der Waals surface area contributed by atoms with Gasteiger partial charge in [0.25, 0.3) is 5.67 Å². The third-order valence-corrected chi connectivity index (χ3v) is 12.6. The number of amides is 1. The van der Waals surface area contributed by atoms with Gasteiger partial charge >= 0.3 is 5.97 Å². The van der Waals surface area contributed by atoms with E-state index in [2.05, 4.69) is 20.1 Å². The van der Waals surface area contributed by atoms with Gasteiger partial charge in [-0.25, -0.2) is 24.1 Å². The predicted octanol–water partition coefficient (Wildman–Crippen LogP) is 5.00. The van der Waals surface area contributed by atoms with E-state index >= 15 is 4.39 Å². The van der Waals surface area contributed by atoms with E-state index in [1.165, 1.54) is 20.1 Å². The number of carbonyl (C=O) groups excluding carboxylic acids is 3. The number of nitrogens with zero attached hydrogens (tertiary/aromatic N) is 5. The molecular weight excluding hydrogens is 808 g/mol. The second-order valence-corrected chi connectivity index (χ2v) is 17.8. The number of alkyl halides is 1. The van der Waals surface area contributed by atoms with Crippen LogP contribution in [0.4, 0.5) is 10.2 Å². The number of aliphatic hydroxyl groups is 2. The van der Waals surface area contributed by atoms with Gasteiger partial charge in [-0.1, -0.05) is 38.9 Å². The average Bonchev–Trinajstić information content (AvgIpc) is 3.69. The maximum Gasteiger partial charge on any atom is 0.351 e. The lowest BCUT2D eigenvalue weighted by molar-refractivity contribution is -0.296. The number of aromatic nitrogens is 2. The summed E-state index contributed by atoms with van der Waals surface area (Å²) < 4.78 is 48.0. The molecule has 2 aromatic rings. The Bertz CT molecular complexity index is 1950. The molecule has 2 bridgehead atoms. The standard InChI is InChI=1S/C44H65FN6O11/c1-11-33-44(8,56)27-16-17-28(50-59-23-29-21-57-39(47-29)30-14-13-15-34(46)48-30)22-58-42(6,20-24(3)31(19-27)49-35(52)12-2)38(26(5)37(54)43(7,45)41(55)61-33)62-40-36(53)32(51(9)10)18-25(4)60-40/h13-15,21,24-27,32-33,36,38,40,53,56H,11-12,16-20,22-23H2,1-10H3,(H2,46,48)/b49-31-,50-28+/t24-,25-,26+,27-,32+,33-,36-,38-,40+,42-,43+,44+/m1/s1. The Labute approximate surface area is 362 Å². The van der Waals surface area contributed by atoms with Crippen molar-refractivity contribution in [2.75, 3.05) is 26.4 Å². The summed E-state index contributed by atoms with van der Waals surface area (Å²) in [5.74, 6) is -5.18. The minimum absolute atomic E-state index is 0.0496. The molecule has 12 atom stereocenters. The number of ketones is 1. The number of aliphatic imine (C=N–C) groups is 1. The molecule has 4 N–H and O–H groups in total. The highest BCUT2D eigenvalue weighted by atomic mass is 19.1. The van der Waals surface area contributed by atoms with E-state index in [1.807, 2.05) is 32.8 Å². The molecule has 0 unspecified atom stereocenters. The molecule has 0 aromatic carbocycles. The van der Waals surface area contributed by atoms with Crippen LogP contribution in [0.1, 0.15) is 106 Å². The SMILES string of the molecule is CCC(=O)/N=C1/C[C@H]2CC/C(=N\OCc3coc(-c4cccc(N)n4)n3)CO[C@](C)(C[C@H]1C)[C@H](O[C@@H]1O[C@H](C)C[C@H](N(C)C)[C@H]1O)[C@@H](C)C(=O)[C@](C)(F)C(=O)O[C@H](CC)[C@@]2(C)O. The number of esters is 1. The van der Waals surface area contributed by atoms with Crippen molar-refractivity contribution in [3.63, 3.8) is 0 Å². The molecule has 17 nitrogen and oxygen atoms in total. The lowest BCUT2D eigenvalue weighted by Gasteiger charge is -2.47. The number of halogens is 1. The first-order valence-electron chi connectivity index (χ1n) is 21.5. The van der Waals surface area contributed by atoms with Gasteiger partial charge in [-0.2, -0.15) is 0 Å². The van der Waals surface area contributed by atoms with Crippen molar-refractivity contribution < 1.29 is 57.2 Å². The van der Waals surface area contributed by atoms with E-state index in [4.69, 9.17) is 33.9 Å². The van der Waals surface area contributed by atoms with Crippen molar-refractivity contribution in [2.24, 2.45) is 27.9 Å². The number of rotatable bonds is 9. The molecule has 0 saturated carbocycles. The maximum absolute atomic E-state index is 16.9. The number of aliphatic hydroxyl groups excluding tert-OH is 1. The highest BCUT2D eigenvalue weighted by molar-refractivity contribution is 6.08. The molecular formula is C44H65FN6O11. The molecule has 3 aliphatic rings. The van der Waals surface area contributed by atoms with Crippen LogP contribution in [0, 0.1) is 17.8 Å². The lowest BCUT2D eigenvalue weighted by Crippen LogP contribution is -2.60. The molecule has 5 heterocycles. The van der Waals surface area contributed by atoms with Crippen LogP contribution in [0.15, 0.2) is 39.0 Å². The summed E-state index contributed by atoms with van der Waals surface area (Å²) in [4.78, 5) is 62.3. The number of Topliss-reactive ketones (excluding diaryl/α,β-unsaturated/α-hetero) is 1. The summed E-state index contributed by atoms with van der Waals surface area (Å²) in [5, 5.41) is 28.5. The van der Waals surface area contributed by atoms with Gasteiger partial charge in [0.05, 0.1) is 30.1 Å². The molecule has 3 saturated heterocycles. The zero-order valence-electron chi connectivity index (χ0n) is 37.6. The van der Waals surface area contributed by atoms with Crippen LogP contribution >= 0.6 is 0 Å². The topological polar surface area (TPSA) is 231 Å². The number of pyridine rings is 1. The Morgan fingerprint density at radius 1 is 1.13 bits per heavy atom. The number of oxime groups is 1. The molecule has 18 heteroatoms. The van der Waals surface area contributed by atoms with Gasteiger partial charge in [-0.15, -0.1) is 0 Å². The zero-order chi connectivity index (χ0) is 45.7. The van der Waals surface area contributed by atoms with Gasteiger partial charge in [0.2, 0.25) is 11.8 Å². The predicted molar refractivity (Wildman–Crippen MR) is 226 cm³/mol. The maximum atomic E-state index is 16.9. The third-order valence-electron chi connectivity index (χ3n) is 12.6. The molecule has 0 spiro atoms.